The van der Waals surface area contributed by atoms with Crippen LogP contribution < -0.4 is 15.8 Å². The SMILES string of the molecule is Cc1cc(C)cc(NC(=O)COc2cccc(CN)c2)c1. The molecule has 2 aromatic carbocycles. The number of ether oxygens (including phenoxy) is 1. The Morgan fingerprint density at radius 2 is 1.86 bits per heavy atom. The number of benzene rings is 2. The van der Waals surface area contributed by atoms with Crippen LogP contribution >= 0.6 is 0 Å². The first-order chi connectivity index (χ1) is 10.1. The van der Waals surface area contributed by atoms with E-state index in [1.54, 1.807) is 0 Å². The van der Waals surface area contributed by atoms with Crippen molar-refractivity contribution in [2.45, 2.75) is 20.4 Å². The van der Waals surface area contributed by atoms with Gasteiger partial charge in [0.1, 0.15) is 5.75 Å². The number of nitrogens with one attached hydrogen (secondary N) is 1. The van der Waals surface area contributed by atoms with Crippen molar-refractivity contribution in [3.05, 3.63) is 59.2 Å². The Hall–Kier alpha value is -2.33. The molecule has 3 N–H and O–H groups in total. The van der Waals surface area contributed by atoms with E-state index >= 15 is 0 Å². The summed E-state index contributed by atoms with van der Waals surface area (Å²) in [6.45, 7) is 4.42. The highest BCUT2D eigenvalue weighted by Gasteiger charge is 2.05. The molecule has 4 nitrogen and oxygen atoms in total. The van der Waals surface area contributed by atoms with Gasteiger partial charge in [0.2, 0.25) is 0 Å². The van der Waals surface area contributed by atoms with E-state index in [2.05, 4.69) is 11.4 Å². The molecule has 0 unspecified atom stereocenters. The van der Waals surface area contributed by atoms with Gasteiger partial charge in [-0.1, -0.05) is 18.2 Å². The third kappa shape index (κ3) is 4.61. The molecular weight excluding hydrogens is 264 g/mol. The number of aryl methyl sites for hydroxylation is 2. The first-order valence-corrected chi connectivity index (χ1v) is 6.87. The maximum atomic E-state index is 11.9. The van der Waals surface area contributed by atoms with Crippen LogP contribution in [0.5, 0.6) is 5.75 Å². The van der Waals surface area contributed by atoms with Gasteiger partial charge in [0.05, 0.1) is 0 Å². The fourth-order valence-corrected chi connectivity index (χ4v) is 2.16. The van der Waals surface area contributed by atoms with Crippen LogP contribution in [0.4, 0.5) is 5.69 Å². The van der Waals surface area contributed by atoms with E-state index in [0.717, 1.165) is 22.4 Å². The monoisotopic (exact) mass is 284 g/mol. The number of carbonyl (C=O) groups is 1. The normalized spacial score (nSPS) is 10.2. The van der Waals surface area contributed by atoms with Gasteiger partial charge < -0.3 is 15.8 Å². The van der Waals surface area contributed by atoms with Crippen molar-refractivity contribution in [2.75, 3.05) is 11.9 Å². The molecular formula is C17H20N2O2. The molecule has 0 aliphatic carbocycles. The second-order valence-corrected chi connectivity index (χ2v) is 5.06. The Balaban J connectivity index is 1.92. The molecule has 21 heavy (non-hydrogen) atoms. The van der Waals surface area contributed by atoms with Crippen LogP contribution in [0.1, 0.15) is 16.7 Å². The predicted molar refractivity (Wildman–Crippen MR) is 84.4 cm³/mol. The molecule has 1 amide bonds. The summed E-state index contributed by atoms with van der Waals surface area (Å²) < 4.78 is 5.48. The molecule has 4 heteroatoms. The average Bonchev–Trinajstić information content (AvgIpc) is 2.44. The summed E-state index contributed by atoms with van der Waals surface area (Å²) in [4.78, 5) is 11.9. The number of anilines is 1. The standard InChI is InChI=1S/C17H20N2O2/c1-12-6-13(2)8-15(7-12)19-17(20)11-21-16-5-3-4-14(9-16)10-18/h3-9H,10-11,18H2,1-2H3,(H,19,20). The molecule has 0 fully saturated rings. The summed E-state index contributed by atoms with van der Waals surface area (Å²) in [5.41, 5.74) is 9.56. The zero-order valence-corrected chi connectivity index (χ0v) is 12.3. The van der Waals surface area contributed by atoms with Crippen LogP contribution in [0.15, 0.2) is 42.5 Å². The maximum Gasteiger partial charge on any atom is 0.262 e. The number of carbonyl (C=O) groups excluding carboxylic acids is 1. The molecule has 0 bridgehead atoms. The third-order valence-corrected chi connectivity index (χ3v) is 3.01. The molecule has 0 aliphatic rings. The van der Waals surface area contributed by atoms with Gasteiger partial charge in [0.25, 0.3) is 5.91 Å². The van der Waals surface area contributed by atoms with Gasteiger partial charge in [-0.2, -0.15) is 0 Å². The molecule has 0 spiro atoms. The first kappa shape index (κ1) is 15.1. The molecule has 0 saturated carbocycles. The van der Waals surface area contributed by atoms with Crippen LogP contribution in [0.2, 0.25) is 0 Å². The van der Waals surface area contributed by atoms with Gasteiger partial charge in [-0.3, -0.25) is 4.79 Å². The van der Waals surface area contributed by atoms with E-state index in [1.165, 1.54) is 0 Å². The smallest absolute Gasteiger partial charge is 0.262 e. The second-order valence-electron chi connectivity index (χ2n) is 5.06. The van der Waals surface area contributed by atoms with Gasteiger partial charge in [-0.25, -0.2) is 0 Å². The Kier molecular flexibility index (Phi) is 4.95. The van der Waals surface area contributed by atoms with Crippen molar-refractivity contribution in [2.24, 2.45) is 5.73 Å². The number of rotatable bonds is 5. The number of hydrogen-bond acceptors (Lipinski definition) is 3. The summed E-state index contributed by atoms with van der Waals surface area (Å²) in [6.07, 6.45) is 0. The van der Waals surface area contributed by atoms with Crippen LogP contribution in [-0.2, 0) is 11.3 Å². The van der Waals surface area contributed by atoms with E-state index in [4.69, 9.17) is 10.5 Å². The second kappa shape index (κ2) is 6.90. The van der Waals surface area contributed by atoms with Gasteiger partial charge in [-0.05, 0) is 54.8 Å². The molecule has 0 aliphatic heterocycles. The lowest BCUT2D eigenvalue weighted by Gasteiger charge is -2.09. The molecule has 2 rings (SSSR count). The number of nitrogens with two attached hydrogens (primary N) is 1. The lowest BCUT2D eigenvalue weighted by atomic mass is 10.1. The third-order valence-electron chi connectivity index (χ3n) is 3.01. The van der Waals surface area contributed by atoms with Crippen molar-refractivity contribution < 1.29 is 9.53 Å². The fraction of sp³-hybridized carbons (Fsp3) is 0.235. The summed E-state index contributed by atoms with van der Waals surface area (Å²) >= 11 is 0. The van der Waals surface area contributed by atoms with E-state index in [1.807, 2.05) is 50.2 Å². The van der Waals surface area contributed by atoms with Crippen molar-refractivity contribution in [1.29, 1.82) is 0 Å². The van der Waals surface area contributed by atoms with Crippen molar-refractivity contribution >= 4 is 11.6 Å². The lowest BCUT2D eigenvalue weighted by molar-refractivity contribution is -0.118. The largest absolute Gasteiger partial charge is 0.484 e. The van der Waals surface area contributed by atoms with Crippen molar-refractivity contribution in [3.63, 3.8) is 0 Å². The average molecular weight is 284 g/mol. The topological polar surface area (TPSA) is 64.3 Å². The zero-order valence-electron chi connectivity index (χ0n) is 12.3. The molecule has 0 radical (unpaired) electrons. The van der Waals surface area contributed by atoms with E-state index in [9.17, 15) is 4.79 Å². The Labute approximate surface area is 124 Å². The summed E-state index contributed by atoms with van der Waals surface area (Å²) in [7, 11) is 0. The van der Waals surface area contributed by atoms with E-state index in [-0.39, 0.29) is 12.5 Å². The van der Waals surface area contributed by atoms with Crippen LogP contribution in [0.3, 0.4) is 0 Å². The van der Waals surface area contributed by atoms with Gasteiger partial charge in [0, 0.05) is 12.2 Å². The molecule has 2 aromatic rings. The van der Waals surface area contributed by atoms with Crippen LogP contribution in [0, 0.1) is 13.8 Å². The minimum atomic E-state index is -0.182. The fourth-order valence-electron chi connectivity index (χ4n) is 2.16. The molecule has 110 valence electrons. The Morgan fingerprint density at radius 3 is 2.52 bits per heavy atom. The highest BCUT2D eigenvalue weighted by atomic mass is 16.5. The summed E-state index contributed by atoms with van der Waals surface area (Å²) in [6, 6.07) is 13.3. The number of amides is 1. The van der Waals surface area contributed by atoms with Gasteiger partial charge in [-0.15, -0.1) is 0 Å². The molecule has 0 atom stereocenters. The molecule has 0 heterocycles. The Bertz CT molecular complexity index is 618. The van der Waals surface area contributed by atoms with Crippen LogP contribution in [-0.4, -0.2) is 12.5 Å². The van der Waals surface area contributed by atoms with Crippen LogP contribution in [0.25, 0.3) is 0 Å². The Morgan fingerprint density at radius 1 is 1.14 bits per heavy atom. The summed E-state index contributed by atoms with van der Waals surface area (Å²) in [5.74, 6) is 0.465. The highest BCUT2D eigenvalue weighted by Crippen LogP contribution is 2.15. The predicted octanol–water partition coefficient (Wildman–Crippen LogP) is 2.78. The highest BCUT2D eigenvalue weighted by molar-refractivity contribution is 5.92. The van der Waals surface area contributed by atoms with E-state index in [0.29, 0.717) is 12.3 Å². The lowest BCUT2D eigenvalue weighted by Crippen LogP contribution is -2.20. The minimum absolute atomic E-state index is 0.0268. The first-order valence-electron chi connectivity index (χ1n) is 6.87. The maximum absolute atomic E-state index is 11.9. The van der Waals surface area contributed by atoms with Gasteiger partial charge in [0.15, 0.2) is 6.61 Å². The quantitative estimate of drug-likeness (QED) is 0.887. The molecule has 0 saturated heterocycles. The zero-order chi connectivity index (χ0) is 15.2. The molecule has 0 aromatic heterocycles. The van der Waals surface area contributed by atoms with Gasteiger partial charge >= 0.3 is 0 Å². The van der Waals surface area contributed by atoms with E-state index < -0.39 is 0 Å². The number of hydrogen-bond donors (Lipinski definition) is 2. The summed E-state index contributed by atoms with van der Waals surface area (Å²) in [5, 5.41) is 2.83. The minimum Gasteiger partial charge on any atom is -0.484 e. The van der Waals surface area contributed by atoms with Crippen molar-refractivity contribution in [3.8, 4) is 5.75 Å². The van der Waals surface area contributed by atoms with Crippen molar-refractivity contribution in [1.82, 2.24) is 0 Å².